The van der Waals surface area contributed by atoms with Gasteiger partial charge < -0.3 is 20.1 Å². The van der Waals surface area contributed by atoms with Gasteiger partial charge >= 0.3 is 12.2 Å². The Kier molecular flexibility index (Phi) is 8.95. The second-order valence-electron chi connectivity index (χ2n) is 9.87. The number of tetrazole rings is 1. The fraction of sp³-hybridized carbons (Fsp3) is 0.214. The highest BCUT2D eigenvalue weighted by Gasteiger charge is 2.33. The third kappa shape index (κ3) is 7.07. The maximum Gasteiger partial charge on any atom is 0.411 e. The van der Waals surface area contributed by atoms with Crippen LogP contribution in [0.25, 0.3) is 22.9 Å². The summed E-state index contributed by atoms with van der Waals surface area (Å²) < 4.78 is 6.03. The highest BCUT2D eigenvalue weighted by atomic mass is 35.5. The second kappa shape index (κ2) is 13.2. The molecule has 3 heterocycles. The summed E-state index contributed by atoms with van der Waals surface area (Å²) in [6.45, 7) is 0.612. The van der Waals surface area contributed by atoms with Crippen LogP contribution in [0.2, 0.25) is 5.02 Å². The fourth-order valence-corrected chi connectivity index (χ4v) is 4.88. The van der Waals surface area contributed by atoms with E-state index in [1.54, 1.807) is 54.6 Å². The zero-order valence-corrected chi connectivity index (χ0v) is 23.9. The Hall–Kier alpha value is -5.57. The standard InChI is InChI=1S/C28H26ClN9O6/c1-44-27(41)31-20-6-2-17(3-7-20)21-12-23(33-34-26(21)40)22(10-16-13-37(14-16)28(42)43)32-25(39)9-4-18-11-19(29)5-8-24(18)38-15-30-35-36-38/h2-9,11-12,15-16,22H,10,13-14H2,1H3,(H,31,41)(H,32,39)(H,34,40)(H,42,43). The predicted octanol–water partition coefficient (Wildman–Crippen LogP) is 3.11. The SMILES string of the molecule is COC(=O)Nc1ccc(-c2cc(C(CC3CN(C(=O)O)C3)NC(=O)C=Cc3cc(Cl)ccc3-n3cnnn3)n[nH]c2=O)cc1. The van der Waals surface area contributed by atoms with Crippen molar-refractivity contribution in [3.63, 3.8) is 0 Å². The van der Waals surface area contributed by atoms with Gasteiger partial charge in [0.1, 0.15) is 6.33 Å². The fourth-order valence-electron chi connectivity index (χ4n) is 4.70. The van der Waals surface area contributed by atoms with Crippen LogP contribution in [0.15, 0.2) is 65.7 Å². The third-order valence-corrected chi connectivity index (χ3v) is 7.16. The Morgan fingerprint density at radius 3 is 2.64 bits per heavy atom. The molecule has 1 saturated heterocycles. The number of aromatic nitrogens is 6. The molecule has 16 heteroatoms. The molecule has 44 heavy (non-hydrogen) atoms. The number of H-pyrrole nitrogens is 1. The molecule has 5 rings (SSSR count). The van der Waals surface area contributed by atoms with Crippen molar-refractivity contribution in [1.82, 2.24) is 40.6 Å². The molecule has 0 bridgehead atoms. The van der Waals surface area contributed by atoms with E-state index in [0.29, 0.717) is 58.3 Å². The lowest BCUT2D eigenvalue weighted by Gasteiger charge is -2.38. The van der Waals surface area contributed by atoms with Gasteiger partial charge in [-0.3, -0.25) is 14.9 Å². The van der Waals surface area contributed by atoms with E-state index >= 15 is 0 Å². The van der Waals surface area contributed by atoms with E-state index < -0.39 is 29.7 Å². The normalized spacial score (nSPS) is 13.7. The minimum absolute atomic E-state index is 0.0411. The van der Waals surface area contributed by atoms with Gasteiger partial charge in [-0.1, -0.05) is 23.7 Å². The average molecular weight is 620 g/mol. The van der Waals surface area contributed by atoms with E-state index in [0.717, 1.165) is 0 Å². The largest absolute Gasteiger partial charge is 0.465 e. The lowest BCUT2D eigenvalue weighted by Crippen LogP contribution is -2.50. The molecule has 1 fully saturated rings. The quantitative estimate of drug-likeness (QED) is 0.202. The second-order valence-corrected chi connectivity index (χ2v) is 10.3. The molecule has 226 valence electrons. The molecule has 3 amide bonds. The van der Waals surface area contributed by atoms with Crippen LogP contribution >= 0.6 is 11.6 Å². The smallest absolute Gasteiger partial charge is 0.411 e. The van der Waals surface area contributed by atoms with Gasteiger partial charge in [-0.15, -0.1) is 5.10 Å². The van der Waals surface area contributed by atoms with Crippen LogP contribution in [0.1, 0.15) is 23.7 Å². The molecule has 0 saturated carbocycles. The van der Waals surface area contributed by atoms with Crippen LogP contribution in [0, 0.1) is 5.92 Å². The zero-order chi connectivity index (χ0) is 31.2. The summed E-state index contributed by atoms with van der Waals surface area (Å²) in [4.78, 5) is 50.0. The first kappa shape index (κ1) is 29.9. The molecule has 0 spiro atoms. The Balaban J connectivity index is 1.39. The number of nitrogens with zero attached hydrogens (tertiary/aromatic N) is 6. The molecule has 0 radical (unpaired) electrons. The van der Waals surface area contributed by atoms with Crippen molar-refractivity contribution in [3.05, 3.63) is 87.6 Å². The van der Waals surface area contributed by atoms with Gasteiger partial charge in [0.15, 0.2) is 0 Å². The van der Waals surface area contributed by atoms with Crippen LogP contribution in [-0.2, 0) is 9.53 Å². The van der Waals surface area contributed by atoms with Crippen LogP contribution in [0.4, 0.5) is 15.3 Å². The number of benzene rings is 2. The Bertz CT molecular complexity index is 1750. The number of ether oxygens (including phenoxy) is 1. The van der Waals surface area contributed by atoms with Gasteiger partial charge in [-0.05, 0) is 70.8 Å². The van der Waals surface area contributed by atoms with E-state index in [2.05, 4.69) is 41.1 Å². The van der Waals surface area contributed by atoms with Gasteiger partial charge in [0, 0.05) is 35.4 Å². The Labute approximate surface area is 254 Å². The van der Waals surface area contributed by atoms with E-state index in [9.17, 15) is 24.3 Å². The Morgan fingerprint density at radius 1 is 1.18 bits per heavy atom. The van der Waals surface area contributed by atoms with Crippen molar-refractivity contribution >= 4 is 41.5 Å². The van der Waals surface area contributed by atoms with Crippen LogP contribution in [0.5, 0.6) is 0 Å². The van der Waals surface area contributed by atoms with Crippen molar-refractivity contribution in [2.45, 2.75) is 12.5 Å². The summed E-state index contributed by atoms with van der Waals surface area (Å²) in [6.07, 6.45) is 3.04. The van der Waals surface area contributed by atoms with E-state index in [4.69, 9.17) is 11.6 Å². The topological polar surface area (TPSA) is 197 Å². The molecule has 1 atom stereocenters. The molecule has 15 nitrogen and oxygen atoms in total. The summed E-state index contributed by atoms with van der Waals surface area (Å²) in [5, 5.41) is 33.1. The molecule has 4 N–H and O–H groups in total. The summed E-state index contributed by atoms with van der Waals surface area (Å²) in [7, 11) is 1.25. The van der Waals surface area contributed by atoms with Gasteiger partial charge in [0.05, 0.1) is 30.1 Å². The van der Waals surface area contributed by atoms with E-state index in [-0.39, 0.29) is 5.92 Å². The van der Waals surface area contributed by atoms with Crippen molar-refractivity contribution in [3.8, 4) is 16.8 Å². The molecule has 0 aliphatic carbocycles. The first-order chi connectivity index (χ1) is 21.2. The van der Waals surface area contributed by atoms with Crippen molar-refractivity contribution in [2.75, 3.05) is 25.5 Å². The minimum Gasteiger partial charge on any atom is -0.465 e. The third-order valence-electron chi connectivity index (χ3n) is 6.92. The highest BCUT2D eigenvalue weighted by Crippen LogP contribution is 2.29. The number of rotatable bonds is 9. The minimum atomic E-state index is -1.01. The molecule has 1 aliphatic rings. The molecule has 1 unspecified atom stereocenters. The zero-order valence-electron chi connectivity index (χ0n) is 23.2. The summed E-state index contributed by atoms with van der Waals surface area (Å²) in [5.41, 5.74) is 2.42. The van der Waals surface area contributed by atoms with Crippen LogP contribution < -0.4 is 16.2 Å². The Morgan fingerprint density at radius 2 is 1.95 bits per heavy atom. The predicted molar refractivity (Wildman–Crippen MR) is 158 cm³/mol. The first-order valence-corrected chi connectivity index (χ1v) is 13.6. The van der Waals surface area contributed by atoms with Gasteiger partial charge in [0.25, 0.3) is 5.56 Å². The monoisotopic (exact) mass is 619 g/mol. The van der Waals surface area contributed by atoms with E-state index in [1.165, 1.54) is 29.1 Å². The molecule has 1 aliphatic heterocycles. The molecule has 2 aromatic heterocycles. The molecule has 4 aromatic rings. The van der Waals surface area contributed by atoms with E-state index in [1.807, 2.05) is 0 Å². The molecular weight excluding hydrogens is 594 g/mol. The van der Waals surface area contributed by atoms with Gasteiger partial charge in [-0.2, -0.15) is 9.78 Å². The summed E-state index contributed by atoms with van der Waals surface area (Å²) in [5.74, 6) is -0.500. The number of nitrogens with one attached hydrogen (secondary N) is 3. The number of anilines is 1. The number of likely N-dealkylation sites (tertiary alicyclic amines) is 1. The summed E-state index contributed by atoms with van der Waals surface area (Å²) >= 11 is 6.18. The lowest BCUT2D eigenvalue weighted by molar-refractivity contribution is -0.117. The summed E-state index contributed by atoms with van der Waals surface area (Å²) in [6, 6.07) is 12.5. The number of aromatic amines is 1. The maximum absolute atomic E-state index is 13.2. The van der Waals surface area contributed by atoms with Crippen LogP contribution in [0.3, 0.4) is 0 Å². The number of methoxy groups -OCH3 is 1. The number of halogens is 1. The molecule has 2 aromatic carbocycles. The first-order valence-electron chi connectivity index (χ1n) is 13.2. The van der Waals surface area contributed by atoms with Crippen molar-refractivity contribution in [1.29, 1.82) is 0 Å². The number of carboxylic acid groups (broad SMARTS) is 1. The number of hydrogen-bond donors (Lipinski definition) is 4. The number of carbonyl (C=O) groups excluding carboxylic acids is 2. The molecular formula is C28H26ClN9O6. The average Bonchev–Trinajstić information content (AvgIpc) is 3.52. The van der Waals surface area contributed by atoms with Gasteiger partial charge in [-0.25, -0.2) is 14.7 Å². The van der Waals surface area contributed by atoms with Crippen molar-refractivity contribution < 1.29 is 24.2 Å². The van der Waals surface area contributed by atoms with Crippen molar-refractivity contribution in [2.24, 2.45) is 5.92 Å². The maximum atomic E-state index is 13.2. The van der Waals surface area contributed by atoms with Gasteiger partial charge in [0.2, 0.25) is 5.91 Å². The number of amides is 3. The number of hydrogen-bond acceptors (Lipinski definition) is 9. The highest BCUT2D eigenvalue weighted by molar-refractivity contribution is 6.30. The number of carbonyl (C=O) groups is 3. The lowest BCUT2D eigenvalue weighted by atomic mass is 9.90. The van der Waals surface area contributed by atoms with Crippen LogP contribution in [-0.4, -0.2) is 78.7 Å².